The van der Waals surface area contributed by atoms with E-state index in [1.54, 1.807) is 34.4 Å². The Labute approximate surface area is 141 Å². The van der Waals surface area contributed by atoms with Gasteiger partial charge in [-0.05, 0) is 35.9 Å². The number of nitrogens with zero attached hydrogens (tertiary/aromatic N) is 5. The highest BCUT2D eigenvalue weighted by Crippen LogP contribution is 2.34. The summed E-state index contributed by atoms with van der Waals surface area (Å²) in [5, 5.41) is 6.50. The third-order valence-electron chi connectivity index (χ3n) is 3.96. The Hall–Kier alpha value is -3.12. The van der Waals surface area contributed by atoms with Crippen molar-refractivity contribution in [3.8, 4) is 22.4 Å². The monoisotopic (exact) mass is 329 g/mol. The van der Waals surface area contributed by atoms with E-state index < -0.39 is 0 Å². The third-order valence-corrected chi connectivity index (χ3v) is 4.90. The largest absolute Gasteiger partial charge is 0.265 e. The van der Waals surface area contributed by atoms with Crippen molar-refractivity contribution in [2.45, 2.75) is 0 Å². The van der Waals surface area contributed by atoms with Gasteiger partial charge in [-0.3, -0.25) is 4.98 Å². The number of rotatable bonds is 2. The fourth-order valence-electron chi connectivity index (χ4n) is 2.81. The molecule has 5 aromatic heterocycles. The van der Waals surface area contributed by atoms with E-state index >= 15 is 0 Å². The van der Waals surface area contributed by atoms with Gasteiger partial charge < -0.3 is 0 Å². The van der Waals surface area contributed by atoms with Crippen molar-refractivity contribution in [2.24, 2.45) is 0 Å². The van der Waals surface area contributed by atoms with E-state index in [9.17, 15) is 0 Å². The molecule has 114 valence electrons. The van der Waals surface area contributed by atoms with E-state index in [0.717, 1.165) is 38.2 Å². The first-order valence-corrected chi connectivity index (χ1v) is 8.35. The zero-order valence-electron chi connectivity index (χ0n) is 12.5. The van der Waals surface area contributed by atoms with Crippen molar-refractivity contribution in [2.75, 3.05) is 0 Å². The first-order valence-electron chi connectivity index (χ1n) is 7.47. The molecule has 0 radical (unpaired) electrons. The predicted molar refractivity (Wildman–Crippen MR) is 94.8 cm³/mol. The van der Waals surface area contributed by atoms with Crippen LogP contribution in [0.25, 0.3) is 38.2 Å². The second-order valence-electron chi connectivity index (χ2n) is 5.37. The molecule has 24 heavy (non-hydrogen) atoms. The van der Waals surface area contributed by atoms with E-state index in [1.165, 1.54) is 0 Å². The van der Waals surface area contributed by atoms with Crippen molar-refractivity contribution >= 4 is 27.2 Å². The van der Waals surface area contributed by atoms with Crippen LogP contribution in [-0.2, 0) is 0 Å². The summed E-state index contributed by atoms with van der Waals surface area (Å²) in [5.41, 5.74) is 5.88. The van der Waals surface area contributed by atoms with Gasteiger partial charge >= 0.3 is 0 Å². The van der Waals surface area contributed by atoms with Crippen LogP contribution < -0.4 is 0 Å². The molecule has 0 aliphatic carbocycles. The molecule has 0 spiro atoms. The maximum atomic E-state index is 4.90. The second-order valence-corrected chi connectivity index (χ2v) is 6.29. The van der Waals surface area contributed by atoms with E-state index in [4.69, 9.17) is 4.98 Å². The average molecular weight is 329 g/mol. The Bertz CT molecular complexity index is 1160. The van der Waals surface area contributed by atoms with Crippen LogP contribution in [0.2, 0.25) is 0 Å². The molecule has 5 rings (SSSR count). The quantitative estimate of drug-likeness (QED) is 0.490. The van der Waals surface area contributed by atoms with Gasteiger partial charge in [0.1, 0.15) is 0 Å². The van der Waals surface area contributed by atoms with Crippen molar-refractivity contribution in [3.05, 3.63) is 66.7 Å². The summed E-state index contributed by atoms with van der Waals surface area (Å²) in [6.45, 7) is 0. The average Bonchev–Trinajstić information content (AvgIpc) is 3.26. The lowest BCUT2D eigenvalue weighted by atomic mass is 10.1. The molecule has 0 aliphatic heterocycles. The van der Waals surface area contributed by atoms with Gasteiger partial charge in [0.25, 0.3) is 0 Å². The summed E-state index contributed by atoms with van der Waals surface area (Å²) in [6.07, 6.45) is 9.08. The topological polar surface area (TPSA) is 56.0 Å². The SMILES string of the molecule is c1cnc2c(-c3ccc4scc(-c5ccncc5)c4n3)cnn2c1. The lowest BCUT2D eigenvalue weighted by molar-refractivity contribution is 0.939. The number of hydrogen-bond donors (Lipinski definition) is 0. The van der Waals surface area contributed by atoms with Crippen molar-refractivity contribution in [1.82, 2.24) is 24.6 Å². The molecule has 0 atom stereocenters. The van der Waals surface area contributed by atoms with Gasteiger partial charge in [-0.1, -0.05) is 0 Å². The molecule has 5 heterocycles. The van der Waals surface area contributed by atoms with Crippen molar-refractivity contribution in [3.63, 3.8) is 0 Å². The summed E-state index contributed by atoms with van der Waals surface area (Å²) in [5.74, 6) is 0. The van der Waals surface area contributed by atoms with Crippen LogP contribution in [0.5, 0.6) is 0 Å². The zero-order chi connectivity index (χ0) is 15.9. The maximum Gasteiger partial charge on any atom is 0.164 e. The normalized spacial score (nSPS) is 11.3. The van der Waals surface area contributed by atoms with Gasteiger partial charge in [0.2, 0.25) is 0 Å². The lowest BCUT2D eigenvalue weighted by Crippen LogP contribution is -1.89. The Morgan fingerprint density at radius 1 is 0.958 bits per heavy atom. The number of hydrogen-bond acceptors (Lipinski definition) is 5. The van der Waals surface area contributed by atoms with Crippen LogP contribution in [0, 0.1) is 0 Å². The van der Waals surface area contributed by atoms with E-state index in [1.807, 2.05) is 36.7 Å². The molecule has 0 aromatic carbocycles. The number of aromatic nitrogens is 5. The fourth-order valence-corrected chi connectivity index (χ4v) is 3.71. The Kier molecular flexibility index (Phi) is 2.89. The summed E-state index contributed by atoms with van der Waals surface area (Å²) >= 11 is 1.70. The highest BCUT2D eigenvalue weighted by molar-refractivity contribution is 7.17. The molecule has 0 amide bonds. The van der Waals surface area contributed by atoms with Crippen LogP contribution in [0.4, 0.5) is 0 Å². The summed E-state index contributed by atoms with van der Waals surface area (Å²) in [7, 11) is 0. The van der Waals surface area contributed by atoms with Crippen LogP contribution in [0.3, 0.4) is 0 Å². The van der Waals surface area contributed by atoms with Crippen LogP contribution >= 0.6 is 11.3 Å². The summed E-state index contributed by atoms with van der Waals surface area (Å²) in [6, 6.07) is 10.0. The first kappa shape index (κ1) is 13.3. The number of fused-ring (bicyclic) bond motifs is 2. The van der Waals surface area contributed by atoms with Gasteiger partial charge in [0.15, 0.2) is 5.65 Å². The van der Waals surface area contributed by atoms with Crippen LogP contribution in [0.1, 0.15) is 0 Å². The Morgan fingerprint density at radius 3 is 2.79 bits per heavy atom. The maximum absolute atomic E-state index is 4.90. The van der Waals surface area contributed by atoms with Gasteiger partial charge in [0.05, 0.1) is 27.7 Å². The Balaban J connectivity index is 1.74. The molecule has 5 nitrogen and oxygen atoms in total. The second kappa shape index (κ2) is 5.21. The summed E-state index contributed by atoms with van der Waals surface area (Å²) in [4.78, 5) is 13.4. The van der Waals surface area contributed by atoms with E-state index in [0.29, 0.717) is 0 Å². The number of thiophene rings is 1. The third kappa shape index (κ3) is 2.00. The molecule has 0 fully saturated rings. The van der Waals surface area contributed by atoms with Crippen LogP contribution in [-0.4, -0.2) is 24.6 Å². The first-order chi connectivity index (χ1) is 11.9. The minimum atomic E-state index is 0.810. The summed E-state index contributed by atoms with van der Waals surface area (Å²) < 4.78 is 2.92. The highest BCUT2D eigenvalue weighted by Gasteiger charge is 2.13. The van der Waals surface area contributed by atoms with Gasteiger partial charge in [-0.25, -0.2) is 14.5 Å². The molecule has 6 heteroatoms. The smallest absolute Gasteiger partial charge is 0.164 e. The van der Waals surface area contributed by atoms with E-state index in [2.05, 4.69) is 26.5 Å². The molecule has 5 aromatic rings. The number of pyridine rings is 2. The molecular weight excluding hydrogens is 318 g/mol. The molecule has 0 aliphatic rings. The van der Waals surface area contributed by atoms with Crippen molar-refractivity contribution < 1.29 is 0 Å². The van der Waals surface area contributed by atoms with Crippen molar-refractivity contribution in [1.29, 1.82) is 0 Å². The highest BCUT2D eigenvalue weighted by atomic mass is 32.1. The molecule has 0 saturated carbocycles. The molecule has 0 saturated heterocycles. The fraction of sp³-hybridized carbons (Fsp3) is 0. The molecular formula is C18H11N5S. The lowest BCUT2D eigenvalue weighted by Gasteiger charge is -2.02. The standard InChI is InChI=1S/C18H11N5S/c1-6-20-18-13(10-21-23(18)9-1)15-2-3-16-17(22-15)14(11-24-16)12-4-7-19-8-5-12/h1-11H. The predicted octanol–water partition coefficient (Wildman–Crippen LogP) is 4.07. The van der Waals surface area contributed by atoms with Gasteiger partial charge in [-0.15, -0.1) is 11.3 Å². The minimum absolute atomic E-state index is 0.810. The van der Waals surface area contributed by atoms with E-state index in [-0.39, 0.29) is 0 Å². The van der Waals surface area contributed by atoms with Crippen LogP contribution in [0.15, 0.2) is 66.7 Å². The molecule has 0 bridgehead atoms. The zero-order valence-corrected chi connectivity index (χ0v) is 13.3. The molecule has 0 N–H and O–H groups in total. The van der Waals surface area contributed by atoms with Gasteiger partial charge in [-0.2, -0.15) is 5.10 Å². The molecule has 0 unspecified atom stereocenters. The van der Waals surface area contributed by atoms with Gasteiger partial charge in [0, 0.05) is 35.7 Å². The minimum Gasteiger partial charge on any atom is -0.265 e. The Morgan fingerprint density at radius 2 is 1.88 bits per heavy atom.